The van der Waals surface area contributed by atoms with Gasteiger partial charge in [0.1, 0.15) is 0 Å². The predicted octanol–water partition coefficient (Wildman–Crippen LogP) is 7.82. The fourth-order valence-electron chi connectivity index (χ4n) is 6.40. The van der Waals surface area contributed by atoms with Gasteiger partial charge in [0.2, 0.25) is 0 Å². The first-order valence-corrected chi connectivity index (χ1v) is 13.6. The number of nitrogens with zero attached hydrogens (tertiary/aromatic N) is 1. The Labute approximate surface area is 205 Å². The molecule has 3 aromatic carbocycles. The Balaban J connectivity index is 1.32. The first-order chi connectivity index (χ1) is 16.8. The predicted molar refractivity (Wildman–Crippen MR) is 143 cm³/mol. The molecule has 0 aliphatic heterocycles. The number of rotatable bonds is 5. The smallest absolute Gasteiger partial charge is 0.0427 e. The molecule has 1 nitrogen and oxygen atoms in total. The topological polar surface area (TPSA) is 3.24 Å². The van der Waals surface area contributed by atoms with Crippen molar-refractivity contribution in [3.05, 3.63) is 111 Å². The Morgan fingerprint density at radius 2 is 1.09 bits per heavy atom. The van der Waals surface area contributed by atoms with E-state index in [4.69, 9.17) is 0 Å². The summed E-state index contributed by atoms with van der Waals surface area (Å²) in [5.74, 6) is 0. The van der Waals surface area contributed by atoms with Gasteiger partial charge in [-0.25, -0.2) is 0 Å². The lowest BCUT2D eigenvalue weighted by Crippen LogP contribution is -2.19. The zero-order valence-electron chi connectivity index (χ0n) is 20.5. The van der Waals surface area contributed by atoms with E-state index in [9.17, 15) is 0 Å². The van der Waals surface area contributed by atoms with Crippen molar-refractivity contribution in [3.8, 4) is 0 Å². The maximum atomic E-state index is 2.59. The average molecular weight is 448 g/mol. The minimum absolute atomic E-state index is 0.982. The van der Waals surface area contributed by atoms with Crippen LogP contribution in [0.2, 0.25) is 0 Å². The molecule has 0 aromatic heterocycles. The van der Waals surface area contributed by atoms with Crippen molar-refractivity contribution in [3.63, 3.8) is 0 Å². The number of benzene rings is 3. The highest BCUT2D eigenvalue weighted by molar-refractivity contribution is 5.69. The van der Waals surface area contributed by atoms with Crippen molar-refractivity contribution >= 4 is 5.57 Å². The lowest BCUT2D eigenvalue weighted by atomic mass is 9.87. The van der Waals surface area contributed by atoms with E-state index in [1.54, 1.807) is 22.3 Å². The summed E-state index contributed by atoms with van der Waals surface area (Å²) in [5.41, 5.74) is 13.8. The van der Waals surface area contributed by atoms with Gasteiger partial charge >= 0.3 is 0 Å². The number of aryl methyl sites for hydroxylation is 5. The molecule has 0 unspecified atom stereocenters. The molecule has 1 heteroatoms. The molecule has 0 amide bonds. The summed E-state index contributed by atoms with van der Waals surface area (Å²) in [5, 5.41) is 0. The fourth-order valence-corrected chi connectivity index (χ4v) is 6.40. The van der Waals surface area contributed by atoms with Crippen LogP contribution in [0.1, 0.15) is 83.0 Å². The van der Waals surface area contributed by atoms with E-state index in [2.05, 4.69) is 71.8 Å². The van der Waals surface area contributed by atoms with Crippen molar-refractivity contribution in [1.29, 1.82) is 0 Å². The summed E-state index contributed by atoms with van der Waals surface area (Å²) in [7, 11) is 0. The van der Waals surface area contributed by atoms with Crippen LogP contribution in [0.4, 0.5) is 0 Å². The molecule has 34 heavy (non-hydrogen) atoms. The third-order valence-corrected chi connectivity index (χ3v) is 8.19. The first kappa shape index (κ1) is 21.7. The van der Waals surface area contributed by atoms with E-state index in [1.807, 2.05) is 0 Å². The molecule has 0 bridgehead atoms. The molecule has 6 rings (SSSR count). The van der Waals surface area contributed by atoms with Crippen molar-refractivity contribution in [2.45, 2.75) is 83.7 Å². The van der Waals surface area contributed by atoms with Gasteiger partial charge in [-0.05, 0) is 121 Å². The van der Waals surface area contributed by atoms with Gasteiger partial charge in [0.25, 0.3) is 0 Å². The summed E-state index contributed by atoms with van der Waals surface area (Å²) in [6.45, 7) is 1.96. The maximum absolute atomic E-state index is 2.59. The summed E-state index contributed by atoms with van der Waals surface area (Å²) in [6.07, 6.45) is 16.6. The van der Waals surface area contributed by atoms with Gasteiger partial charge in [-0.1, -0.05) is 60.7 Å². The molecule has 0 heterocycles. The second kappa shape index (κ2) is 9.82. The highest BCUT2D eigenvalue weighted by atomic mass is 15.1. The molecule has 174 valence electrons. The summed E-state index contributed by atoms with van der Waals surface area (Å²) in [4.78, 5) is 2.59. The summed E-state index contributed by atoms with van der Waals surface area (Å²) in [6, 6.07) is 23.6. The van der Waals surface area contributed by atoms with Gasteiger partial charge in [0.05, 0.1) is 0 Å². The van der Waals surface area contributed by atoms with E-state index in [0.29, 0.717) is 0 Å². The van der Waals surface area contributed by atoms with Crippen molar-refractivity contribution in [1.82, 2.24) is 4.90 Å². The van der Waals surface area contributed by atoms with Crippen molar-refractivity contribution in [2.24, 2.45) is 0 Å². The molecule has 0 N–H and O–H groups in total. The molecule has 0 saturated carbocycles. The van der Waals surface area contributed by atoms with Crippen LogP contribution in [-0.4, -0.2) is 4.90 Å². The van der Waals surface area contributed by atoms with Crippen LogP contribution in [0, 0.1) is 0 Å². The second-order valence-corrected chi connectivity index (χ2v) is 10.7. The molecule has 3 aromatic rings. The molecule has 0 spiro atoms. The van der Waals surface area contributed by atoms with E-state index in [1.165, 1.54) is 98.5 Å². The maximum Gasteiger partial charge on any atom is 0.0427 e. The zero-order valence-corrected chi connectivity index (χ0v) is 20.5. The highest BCUT2D eigenvalue weighted by Crippen LogP contribution is 2.32. The standard InChI is InChI=1S/C33H37N/c1-3-11-30-20-25(16-18-27(30)8-1)22-34(23-26-17-19-28-9-2-4-12-31(28)21-26)24-32-14-7-13-29-10-5-6-15-33(29)32/h5-6,10,15-21,24H,1-4,7-9,11-14,22-23H2. The third kappa shape index (κ3) is 4.71. The van der Waals surface area contributed by atoms with Gasteiger partial charge in [-0.2, -0.15) is 0 Å². The van der Waals surface area contributed by atoms with Gasteiger partial charge in [0.15, 0.2) is 0 Å². The SMILES string of the molecule is C(=C1CCCc2ccccc21)N(Cc1ccc2c(c1)CCCC2)Cc1ccc2c(c1)CCCC2. The van der Waals surface area contributed by atoms with Crippen LogP contribution >= 0.6 is 0 Å². The number of allylic oxidation sites excluding steroid dienone is 1. The normalized spacial score (nSPS) is 18.2. The number of hydrogen-bond donors (Lipinski definition) is 0. The Morgan fingerprint density at radius 1 is 0.529 bits per heavy atom. The third-order valence-electron chi connectivity index (χ3n) is 8.19. The molecule has 0 radical (unpaired) electrons. The zero-order chi connectivity index (χ0) is 22.7. The van der Waals surface area contributed by atoms with Crippen molar-refractivity contribution in [2.75, 3.05) is 0 Å². The summed E-state index contributed by atoms with van der Waals surface area (Å²) < 4.78 is 0. The highest BCUT2D eigenvalue weighted by Gasteiger charge is 2.17. The number of hydrogen-bond acceptors (Lipinski definition) is 1. The Hall–Kier alpha value is -2.80. The van der Waals surface area contributed by atoms with E-state index in [0.717, 1.165) is 13.1 Å². The minimum atomic E-state index is 0.982. The van der Waals surface area contributed by atoms with Crippen LogP contribution in [0.3, 0.4) is 0 Å². The lowest BCUT2D eigenvalue weighted by molar-refractivity contribution is 0.361. The van der Waals surface area contributed by atoms with Gasteiger partial charge < -0.3 is 4.90 Å². The van der Waals surface area contributed by atoms with Crippen molar-refractivity contribution < 1.29 is 0 Å². The molecule has 0 saturated heterocycles. The Bertz CT molecular complexity index is 1140. The largest absolute Gasteiger partial charge is 0.369 e. The van der Waals surface area contributed by atoms with Gasteiger partial charge in [-0.15, -0.1) is 0 Å². The molecule has 0 fully saturated rings. The van der Waals surface area contributed by atoms with Crippen LogP contribution in [0.15, 0.2) is 66.9 Å². The van der Waals surface area contributed by atoms with Gasteiger partial charge in [-0.3, -0.25) is 0 Å². The fraction of sp³-hybridized carbons (Fsp3) is 0.394. The van der Waals surface area contributed by atoms with E-state index >= 15 is 0 Å². The van der Waals surface area contributed by atoms with E-state index < -0.39 is 0 Å². The average Bonchev–Trinajstić information content (AvgIpc) is 2.89. The molecule has 3 aliphatic rings. The molecular weight excluding hydrogens is 410 g/mol. The van der Waals surface area contributed by atoms with Gasteiger partial charge in [0, 0.05) is 19.3 Å². The van der Waals surface area contributed by atoms with Crippen LogP contribution in [-0.2, 0) is 45.2 Å². The second-order valence-electron chi connectivity index (χ2n) is 10.7. The lowest BCUT2D eigenvalue weighted by Gasteiger charge is -2.27. The minimum Gasteiger partial charge on any atom is -0.369 e. The quantitative estimate of drug-likeness (QED) is 0.385. The molecular formula is C33H37N. The van der Waals surface area contributed by atoms with Crippen LogP contribution in [0.25, 0.3) is 5.57 Å². The Morgan fingerprint density at radius 3 is 1.74 bits per heavy atom. The summed E-state index contributed by atoms with van der Waals surface area (Å²) >= 11 is 0. The molecule has 3 aliphatic carbocycles. The first-order valence-electron chi connectivity index (χ1n) is 13.6. The Kier molecular flexibility index (Phi) is 6.27. The number of fused-ring (bicyclic) bond motifs is 3. The molecule has 0 atom stereocenters. The van der Waals surface area contributed by atoms with Crippen LogP contribution < -0.4 is 0 Å². The monoisotopic (exact) mass is 447 g/mol. The van der Waals surface area contributed by atoms with Crippen LogP contribution in [0.5, 0.6) is 0 Å². The van der Waals surface area contributed by atoms with E-state index in [-0.39, 0.29) is 0 Å².